The van der Waals surface area contributed by atoms with E-state index in [1.807, 2.05) is 0 Å². The van der Waals surface area contributed by atoms with Crippen molar-refractivity contribution < 1.29 is 14.3 Å². The van der Waals surface area contributed by atoms with E-state index in [9.17, 15) is 9.18 Å². The molecule has 0 aliphatic carbocycles. The summed E-state index contributed by atoms with van der Waals surface area (Å²) in [6.07, 6.45) is -1.11. The van der Waals surface area contributed by atoms with Gasteiger partial charge in [-0.05, 0) is 32.0 Å². The van der Waals surface area contributed by atoms with Crippen molar-refractivity contribution in [3.63, 3.8) is 0 Å². The van der Waals surface area contributed by atoms with Crippen LogP contribution in [0.1, 0.15) is 12.6 Å². The molecule has 1 unspecified atom stereocenters. The molecule has 100 valence electrons. The van der Waals surface area contributed by atoms with Crippen LogP contribution in [0.5, 0.6) is 0 Å². The maximum Gasteiger partial charge on any atom is 0.254 e. The second-order valence-electron chi connectivity index (χ2n) is 4.23. The van der Waals surface area contributed by atoms with Gasteiger partial charge in [-0.1, -0.05) is 6.07 Å². The highest BCUT2D eigenvalue weighted by atomic mass is 19.1. The van der Waals surface area contributed by atoms with E-state index < -0.39 is 12.0 Å². The number of nitrogens with zero attached hydrogens (tertiary/aromatic N) is 2. The Morgan fingerprint density at radius 3 is 2.84 bits per heavy atom. The summed E-state index contributed by atoms with van der Waals surface area (Å²) in [5.41, 5.74) is 1.31. The van der Waals surface area contributed by atoms with Crippen molar-refractivity contribution in [2.24, 2.45) is 0 Å². The topological polar surface area (TPSA) is 67.2 Å². The van der Waals surface area contributed by atoms with Crippen LogP contribution < -0.4 is 5.32 Å². The molecule has 0 spiro atoms. The molecule has 0 bridgehead atoms. The molecule has 2 rings (SSSR count). The number of rotatable bonds is 3. The van der Waals surface area contributed by atoms with Crippen LogP contribution in [0.15, 0.2) is 30.3 Å². The van der Waals surface area contributed by atoms with E-state index in [-0.39, 0.29) is 5.82 Å². The number of aliphatic hydroxyl groups is 1. The van der Waals surface area contributed by atoms with Crippen LogP contribution in [0.3, 0.4) is 0 Å². The van der Waals surface area contributed by atoms with Gasteiger partial charge < -0.3 is 10.4 Å². The van der Waals surface area contributed by atoms with Crippen molar-refractivity contribution in [2.45, 2.75) is 20.0 Å². The largest absolute Gasteiger partial charge is 0.384 e. The average Bonchev–Trinajstić information content (AvgIpc) is 2.70. The lowest BCUT2D eigenvalue weighted by atomic mass is 10.3. The Morgan fingerprint density at radius 2 is 2.21 bits per heavy atom. The number of halogens is 1. The molecule has 0 saturated heterocycles. The molecule has 1 atom stereocenters. The molecule has 19 heavy (non-hydrogen) atoms. The fourth-order valence-corrected chi connectivity index (χ4v) is 1.64. The first-order valence-electron chi connectivity index (χ1n) is 5.79. The zero-order valence-electron chi connectivity index (χ0n) is 10.6. The summed E-state index contributed by atoms with van der Waals surface area (Å²) < 4.78 is 14.7. The number of nitrogens with one attached hydrogen (secondary N) is 1. The molecule has 0 radical (unpaired) electrons. The van der Waals surface area contributed by atoms with Crippen LogP contribution in [-0.4, -0.2) is 26.9 Å². The fourth-order valence-electron chi connectivity index (χ4n) is 1.64. The number of carbonyl (C=O) groups is 1. The Kier molecular flexibility index (Phi) is 3.62. The monoisotopic (exact) mass is 263 g/mol. The van der Waals surface area contributed by atoms with Gasteiger partial charge in [-0.2, -0.15) is 0 Å². The standard InChI is InChI=1S/C13H14FN3O2/c1-8-6-12(15-13(19)9(2)18)16-17(8)11-5-3-4-10(14)7-11/h3-7,9,18H,1-2H3,(H,15,16,19). The lowest BCUT2D eigenvalue weighted by molar-refractivity contribution is -0.123. The van der Waals surface area contributed by atoms with Crippen LogP contribution in [-0.2, 0) is 4.79 Å². The molecule has 1 aromatic carbocycles. The van der Waals surface area contributed by atoms with E-state index >= 15 is 0 Å². The Hall–Kier alpha value is -2.21. The number of aliphatic hydroxyl groups excluding tert-OH is 1. The van der Waals surface area contributed by atoms with Crippen LogP contribution in [0.25, 0.3) is 5.69 Å². The van der Waals surface area contributed by atoms with Crippen molar-refractivity contribution in [1.29, 1.82) is 0 Å². The van der Waals surface area contributed by atoms with Gasteiger partial charge >= 0.3 is 0 Å². The highest BCUT2D eigenvalue weighted by Gasteiger charge is 2.12. The van der Waals surface area contributed by atoms with E-state index in [0.717, 1.165) is 5.69 Å². The van der Waals surface area contributed by atoms with Crippen molar-refractivity contribution >= 4 is 11.7 Å². The molecule has 1 aromatic heterocycles. The third-order valence-corrected chi connectivity index (χ3v) is 2.57. The van der Waals surface area contributed by atoms with Gasteiger partial charge in [-0.3, -0.25) is 4.79 Å². The fraction of sp³-hybridized carbons (Fsp3) is 0.231. The lowest BCUT2D eigenvalue weighted by Crippen LogP contribution is -2.24. The second kappa shape index (κ2) is 5.19. The summed E-state index contributed by atoms with van der Waals surface area (Å²) in [5.74, 6) is -0.585. The lowest BCUT2D eigenvalue weighted by Gasteiger charge is -2.04. The third kappa shape index (κ3) is 2.97. The van der Waals surface area contributed by atoms with Gasteiger partial charge in [0.05, 0.1) is 5.69 Å². The van der Waals surface area contributed by atoms with Gasteiger partial charge in [0.25, 0.3) is 5.91 Å². The predicted octanol–water partition coefficient (Wildman–Crippen LogP) is 1.64. The number of hydrogen-bond donors (Lipinski definition) is 2. The number of benzene rings is 1. The first-order valence-corrected chi connectivity index (χ1v) is 5.79. The Balaban J connectivity index is 2.29. The maximum atomic E-state index is 13.2. The minimum Gasteiger partial charge on any atom is -0.384 e. The van der Waals surface area contributed by atoms with E-state index in [4.69, 9.17) is 5.11 Å². The molecule has 0 aliphatic heterocycles. The summed E-state index contributed by atoms with van der Waals surface area (Å²) in [6, 6.07) is 7.63. The van der Waals surface area contributed by atoms with Gasteiger partial charge in [0.1, 0.15) is 11.9 Å². The molecule has 1 amide bonds. The smallest absolute Gasteiger partial charge is 0.254 e. The van der Waals surface area contributed by atoms with E-state index in [0.29, 0.717) is 11.5 Å². The number of aromatic nitrogens is 2. The summed E-state index contributed by atoms with van der Waals surface area (Å²) in [4.78, 5) is 11.4. The highest BCUT2D eigenvalue weighted by Crippen LogP contribution is 2.16. The maximum absolute atomic E-state index is 13.2. The first-order chi connectivity index (χ1) is 8.97. The molecular formula is C13H14FN3O2. The van der Waals surface area contributed by atoms with E-state index in [1.165, 1.54) is 23.7 Å². The summed E-state index contributed by atoms with van der Waals surface area (Å²) >= 11 is 0. The molecule has 5 nitrogen and oxygen atoms in total. The Bertz CT molecular complexity index is 608. The molecule has 0 saturated carbocycles. The van der Waals surface area contributed by atoms with Gasteiger partial charge in [0.2, 0.25) is 0 Å². The average molecular weight is 263 g/mol. The van der Waals surface area contributed by atoms with Crippen LogP contribution in [0.2, 0.25) is 0 Å². The number of hydrogen-bond acceptors (Lipinski definition) is 3. The van der Waals surface area contributed by atoms with Gasteiger partial charge in [-0.25, -0.2) is 9.07 Å². The zero-order valence-corrected chi connectivity index (χ0v) is 10.6. The van der Waals surface area contributed by atoms with Crippen molar-refractivity contribution in [3.8, 4) is 5.69 Å². The van der Waals surface area contributed by atoms with E-state index in [2.05, 4.69) is 10.4 Å². The van der Waals surface area contributed by atoms with E-state index in [1.54, 1.807) is 25.1 Å². The van der Waals surface area contributed by atoms with Crippen molar-refractivity contribution in [2.75, 3.05) is 5.32 Å². The SMILES string of the molecule is Cc1cc(NC(=O)C(C)O)nn1-c1cccc(F)c1. The predicted molar refractivity (Wildman–Crippen MR) is 68.6 cm³/mol. The number of amides is 1. The van der Waals surface area contributed by atoms with Gasteiger partial charge in [-0.15, -0.1) is 5.10 Å². The van der Waals surface area contributed by atoms with Gasteiger partial charge in [0, 0.05) is 11.8 Å². The summed E-state index contributed by atoms with van der Waals surface area (Å²) in [7, 11) is 0. The molecule has 1 heterocycles. The minimum absolute atomic E-state index is 0.313. The Morgan fingerprint density at radius 1 is 1.47 bits per heavy atom. The quantitative estimate of drug-likeness (QED) is 0.884. The second-order valence-corrected chi connectivity index (χ2v) is 4.23. The highest BCUT2D eigenvalue weighted by molar-refractivity contribution is 5.92. The molecule has 6 heteroatoms. The molecule has 0 fully saturated rings. The van der Waals surface area contributed by atoms with Crippen LogP contribution in [0.4, 0.5) is 10.2 Å². The normalized spacial score (nSPS) is 12.2. The minimum atomic E-state index is -1.11. The number of carbonyl (C=O) groups excluding carboxylic acids is 1. The van der Waals surface area contributed by atoms with Crippen molar-refractivity contribution in [1.82, 2.24) is 9.78 Å². The molecule has 0 aliphatic rings. The first kappa shape index (κ1) is 13.2. The van der Waals surface area contributed by atoms with Crippen LogP contribution in [0, 0.1) is 12.7 Å². The molecule has 2 N–H and O–H groups in total. The van der Waals surface area contributed by atoms with Gasteiger partial charge in [0.15, 0.2) is 5.82 Å². The number of aryl methyl sites for hydroxylation is 1. The van der Waals surface area contributed by atoms with Crippen LogP contribution >= 0.6 is 0 Å². The summed E-state index contributed by atoms with van der Waals surface area (Å²) in [6.45, 7) is 3.15. The zero-order chi connectivity index (χ0) is 14.0. The Labute approximate surface area is 109 Å². The number of anilines is 1. The van der Waals surface area contributed by atoms with Crippen molar-refractivity contribution in [3.05, 3.63) is 41.8 Å². The third-order valence-electron chi connectivity index (χ3n) is 2.57. The molecule has 2 aromatic rings. The summed E-state index contributed by atoms with van der Waals surface area (Å²) in [5, 5.41) is 15.7. The molecular weight excluding hydrogens is 249 g/mol.